The molecule has 0 aromatic carbocycles. The van der Waals surface area contributed by atoms with Crippen LogP contribution < -0.4 is 0 Å². The standard InChI is InChI=1S/C69H122O6/c1-4-7-10-13-16-19-22-25-27-29-31-33-34-36-37-39-41-44-47-50-53-56-59-62-68(71)74-65-66(64-73-67(70)61-58-55-52-49-46-43-24-21-18-15-12-9-6-3)75-69(72)63-60-57-54-51-48-45-42-40-38-35-32-30-28-26-23-20-17-14-11-8-5-2/h9,12,18,21-22,25,29-32,43,46,66H,4-8,10-11,13-17,19-20,23-24,26-28,33-42,44-45,47-65H2,1-3H3/b12-9-,21-18-,25-22-,31-29-,32-30-,46-43-. The lowest BCUT2D eigenvalue weighted by Crippen LogP contribution is -2.30. The smallest absolute Gasteiger partial charge is 0.306 e. The van der Waals surface area contributed by atoms with Gasteiger partial charge in [0, 0.05) is 19.3 Å². The molecule has 0 heterocycles. The molecule has 6 nitrogen and oxygen atoms in total. The van der Waals surface area contributed by atoms with Gasteiger partial charge in [-0.2, -0.15) is 0 Å². The Morgan fingerprint density at radius 1 is 0.280 bits per heavy atom. The van der Waals surface area contributed by atoms with Crippen molar-refractivity contribution in [3.63, 3.8) is 0 Å². The molecule has 0 aromatic heterocycles. The van der Waals surface area contributed by atoms with E-state index in [9.17, 15) is 14.4 Å². The summed E-state index contributed by atoms with van der Waals surface area (Å²) in [5.74, 6) is -0.906. The number of esters is 3. The van der Waals surface area contributed by atoms with E-state index in [4.69, 9.17) is 14.2 Å². The lowest BCUT2D eigenvalue weighted by Gasteiger charge is -2.18. The quantitative estimate of drug-likeness (QED) is 0.0261. The van der Waals surface area contributed by atoms with Crippen molar-refractivity contribution in [3.8, 4) is 0 Å². The van der Waals surface area contributed by atoms with E-state index < -0.39 is 6.10 Å². The van der Waals surface area contributed by atoms with Gasteiger partial charge in [-0.15, -0.1) is 0 Å². The van der Waals surface area contributed by atoms with Crippen LogP contribution >= 0.6 is 0 Å². The summed E-state index contributed by atoms with van der Waals surface area (Å²) < 4.78 is 16.9. The summed E-state index contributed by atoms with van der Waals surface area (Å²) in [7, 11) is 0. The average molecular weight is 1050 g/mol. The number of hydrogen-bond acceptors (Lipinski definition) is 6. The fourth-order valence-electron chi connectivity index (χ4n) is 9.31. The van der Waals surface area contributed by atoms with Crippen LogP contribution in [0.1, 0.15) is 329 Å². The molecule has 0 fully saturated rings. The molecule has 0 bridgehead atoms. The van der Waals surface area contributed by atoms with Gasteiger partial charge in [0.25, 0.3) is 0 Å². The van der Waals surface area contributed by atoms with E-state index >= 15 is 0 Å². The number of hydrogen-bond donors (Lipinski definition) is 0. The lowest BCUT2D eigenvalue weighted by molar-refractivity contribution is -0.167. The van der Waals surface area contributed by atoms with Crippen LogP contribution in [0.15, 0.2) is 72.9 Å². The highest BCUT2D eigenvalue weighted by molar-refractivity contribution is 5.71. The maximum atomic E-state index is 12.9. The molecular weight excluding hydrogens is 925 g/mol. The Kier molecular flexibility index (Phi) is 60.7. The first-order valence-electron chi connectivity index (χ1n) is 32.4. The maximum absolute atomic E-state index is 12.9. The number of rotatable bonds is 59. The molecule has 0 aromatic rings. The van der Waals surface area contributed by atoms with Crippen molar-refractivity contribution >= 4 is 17.9 Å². The fourth-order valence-corrected chi connectivity index (χ4v) is 9.31. The van der Waals surface area contributed by atoms with E-state index in [0.29, 0.717) is 19.3 Å². The maximum Gasteiger partial charge on any atom is 0.306 e. The number of allylic oxidation sites excluding steroid dienone is 12. The summed E-state index contributed by atoms with van der Waals surface area (Å²) in [5, 5.41) is 0. The van der Waals surface area contributed by atoms with Crippen LogP contribution in [-0.2, 0) is 28.6 Å². The highest BCUT2D eigenvalue weighted by Crippen LogP contribution is 2.16. The van der Waals surface area contributed by atoms with Crippen molar-refractivity contribution in [2.45, 2.75) is 335 Å². The highest BCUT2D eigenvalue weighted by atomic mass is 16.6. The number of carbonyl (C=O) groups is 3. The van der Waals surface area contributed by atoms with E-state index in [1.165, 1.54) is 199 Å². The summed E-state index contributed by atoms with van der Waals surface area (Å²) >= 11 is 0. The first-order chi connectivity index (χ1) is 37.0. The van der Waals surface area contributed by atoms with E-state index in [-0.39, 0.29) is 31.1 Å². The number of ether oxygens (including phenoxy) is 3. The number of unbranched alkanes of at least 4 members (excludes halogenated alkanes) is 36. The summed E-state index contributed by atoms with van der Waals surface area (Å²) in [6, 6.07) is 0. The lowest BCUT2D eigenvalue weighted by atomic mass is 10.0. The molecule has 0 spiro atoms. The van der Waals surface area contributed by atoms with Gasteiger partial charge in [0.1, 0.15) is 13.2 Å². The van der Waals surface area contributed by atoms with Gasteiger partial charge in [-0.3, -0.25) is 14.4 Å². The summed E-state index contributed by atoms with van der Waals surface area (Å²) in [6.45, 7) is 6.52. The van der Waals surface area contributed by atoms with Crippen molar-refractivity contribution in [2.75, 3.05) is 13.2 Å². The van der Waals surface area contributed by atoms with Crippen LogP contribution in [0.25, 0.3) is 0 Å². The van der Waals surface area contributed by atoms with Crippen LogP contribution in [0.4, 0.5) is 0 Å². The summed E-state index contributed by atoms with van der Waals surface area (Å²) in [4.78, 5) is 38.3. The molecule has 0 aliphatic heterocycles. The van der Waals surface area contributed by atoms with E-state index in [1.54, 1.807) is 0 Å². The molecular formula is C69H122O6. The Morgan fingerprint density at radius 2 is 0.520 bits per heavy atom. The van der Waals surface area contributed by atoms with Gasteiger partial charge in [0.15, 0.2) is 6.10 Å². The normalized spacial score (nSPS) is 12.5. The molecule has 0 aliphatic rings. The van der Waals surface area contributed by atoms with Gasteiger partial charge in [-0.25, -0.2) is 0 Å². The minimum Gasteiger partial charge on any atom is -0.462 e. The van der Waals surface area contributed by atoms with Crippen LogP contribution in [0.2, 0.25) is 0 Å². The third-order valence-electron chi connectivity index (χ3n) is 14.2. The highest BCUT2D eigenvalue weighted by Gasteiger charge is 2.19. The van der Waals surface area contributed by atoms with Gasteiger partial charge in [-0.05, 0) is 109 Å². The van der Waals surface area contributed by atoms with E-state index in [0.717, 1.165) is 89.9 Å². The zero-order valence-corrected chi connectivity index (χ0v) is 49.8. The second-order valence-electron chi connectivity index (χ2n) is 21.6. The van der Waals surface area contributed by atoms with Crippen molar-refractivity contribution in [1.29, 1.82) is 0 Å². The second-order valence-corrected chi connectivity index (χ2v) is 21.6. The average Bonchev–Trinajstić information content (AvgIpc) is 3.41. The molecule has 0 radical (unpaired) electrons. The molecule has 0 saturated heterocycles. The molecule has 1 unspecified atom stereocenters. The first kappa shape index (κ1) is 71.8. The molecule has 434 valence electrons. The topological polar surface area (TPSA) is 78.9 Å². The van der Waals surface area contributed by atoms with Crippen LogP contribution in [0, 0.1) is 0 Å². The fraction of sp³-hybridized carbons (Fsp3) is 0.783. The van der Waals surface area contributed by atoms with Gasteiger partial charge in [-0.1, -0.05) is 273 Å². The Balaban J connectivity index is 4.32. The molecule has 0 amide bonds. The predicted octanol–water partition coefficient (Wildman–Crippen LogP) is 22.1. The van der Waals surface area contributed by atoms with Gasteiger partial charge in [0.2, 0.25) is 0 Å². The first-order valence-corrected chi connectivity index (χ1v) is 32.4. The summed E-state index contributed by atoms with van der Waals surface area (Å²) in [6.07, 6.45) is 82.0. The number of carbonyl (C=O) groups excluding carboxylic acids is 3. The second kappa shape index (κ2) is 63.4. The monoisotopic (exact) mass is 1050 g/mol. The predicted molar refractivity (Wildman–Crippen MR) is 325 cm³/mol. The molecule has 0 N–H and O–H groups in total. The largest absolute Gasteiger partial charge is 0.462 e. The van der Waals surface area contributed by atoms with Crippen LogP contribution in [0.3, 0.4) is 0 Å². The van der Waals surface area contributed by atoms with Crippen molar-refractivity contribution in [1.82, 2.24) is 0 Å². The molecule has 0 aliphatic carbocycles. The third kappa shape index (κ3) is 61.6. The molecule has 75 heavy (non-hydrogen) atoms. The van der Waals surface area contributed by atoms with Gasteiger partial charge in [0.05, 0.1) is 0 Å². The van der Waals surface area contributed by atoms with Crippen molar-refractivity contribution < 1.29 is 28.6 Å². The van der Waals surface area contributed by atoms with E-state index in [2.05, 4.69) is 93.7 Å². The molecule has 0 saturated carbocycles. The summed E-state index contributed by atoms with van der Waals surface area (Å²) in [5.41, 5.74) is 0. The molecule has 6 heteroatoms. The zero-order valence-electron chi connectivity index (χ0n) is 49.8. The minimum absolute atomic E-state index is 0.0853. The van der Waals surface area contributed by atoms with Gasteiger partial charge < -0.3 is 14.2 Å². The third-order valence-corrected chi connectivity index (χ3v) is 14.2. The van der Waals surface area contributed by atoms with Crippen LogP contribution in [0.5, 0.6) is 0 Å². The Hall–Kier alpha value is -3.15. The Bertz CT molecular complexity index is 1390. The van der Waals surface area contributed by atoms with Crippen molar-refractivity contribution in [2.24, 2.45) is 0 Å². The van der Waals surface area contributed by atoms with Crippen LogP contribution in [-0.4, -0.2) is 37.2 Å². The van der Waals surface area contributed by atoms with Crippen molar-refractivity contribution in [3.05, 3.63) is 72.9 Å². The van der Waals surface area contributed by atoms with Gasteiger partial charge >= 0.3 is 17.9 Å². The van der Waals surface area contributed by atoms with E-state index in [1.807, 2.05) is 0 Å². The molecule has 0 rings (SSSR count). The SMILES string of the molecule is CC/C=C\C/C=C\C/C=C\CCCCCC(=O)OCC(COC(=O)CCCCCCCCCCCCC/C=C\C/C=C\CCCCCCC)OC(=O)CCCCCCCCCCC/C=C\CCCCCCCCCC. The zero-order chi connectivity index (χ0) is 54.3. The Morgan fingerprint density at radius 3 is 0.840 bits per heavy atom. The Labute approximate surface area is 465 Å². The minimum atomic E-state index is -0.790. The molecule has 1 atom stereocenters.